The van der Waals surface area contributed by atoms with Gasteiger partial charge in [-0.1, -0.05) is 13.3 Å². The first-order valence-corrected chi connectivity index (χ1v) is 7.08. The molecule has 0 N–H and O–H groups in total. The van der Waals surface area contributed by atoms with Crippen molar-refractivity contribution in [3.63, 3.8) is 0 Å². The molecule has 0 aromatic rings. The molecule has 0 aliphatic carbocycles. The number of carbonyl (C=O) groups is 1. The van der Waals surface area contributed by atoms with E-state index < -0.39 is 0 Å². The predicted molar refractivity (Wildman–Crippen MR) is 71.8 cm³/mol. The second-order valence-corrected chi connectivity index (χ2v) is 6.06. The number of rotatable bonds is 7. The molecule has 0 saturated carbocycles. The maximum Gasteiger partial charge on any atom is 0.223 e. The molecule has 0 bridgehead atoms. The minimum absolute atomic E-state index is 0.353. The van der Waals surface area contributed by atoms with Gasteiger partial charge in [-0.15, -0.1) is 0 Å². The summed E-state index contributed by atoms with van der Waals surface area (Å²) in [6.07, 6.45) is 5.70. The van der Waals surface area contributed by atoms with E-state index in [1.54, 1.807) is 0 Å². The molecular weight excluding hydrogens is 212 g/mol. The fourth-order valence-electron chi connectivity index (χ4n) is 2.50. The summed E-state index contributed by atoms with van der Waals surface area (Å²) in [7, 11) is 4.56. The zero-order valence-corrected chi connectivity index (χ0v) is 12.0. The van der Waals surface area contributed by atoms with Crippen molar-refractivity contribution in [3.8, 4) is 0 Å². The van der Waals surface area contributed by atoms with Gasteiger partial charge < -0.3 is 9.38 Å². The molecule has 1 saturated heterocycles. The first-order chi connectivity index (χ1) is 7.96. The monoisotopic (exact) mass is 241 g/mol. The molecule has 100 valence electrons. The molecule has 3 heteroatoms. The quantitative estimate of drug-likeness (QED) is 0.494. The minimum atomic E-state index is 0.353. The number of amides is 1. The summed E-state index contributed by atoms with van der Waals surface area (Å²) in [5.41, 5.74) is 0. The lowest BCUT2D eigenvalue weighted by atomic mass is 10.2. The second kappa shape index (κ2) is 6.39. The lowest BCUT2D eigenvalue weighted by Crippen LogP contribution is -2.47. The molecular formula is C14H29N2O+. The van der Waals surface area contributed by atoms with Gasteiger partial charge in [-0.3, -0.25) is 4.79 Å². The lowest BCUT2D eigenvalue weighted by Gasteiger charge is -2.32. The summed E-state index contributed by atoms with van der Waals surface area (Å²) >= 11 is 0. The largest absolute Gasteiger partial charge is 0.334 e. The van der Waals surface area contributed by atoms with Crippen LogP contribution in [0.15, 0.2) is 0 Å². The number of likely N-dealkylation sites (N-methyl/N-ethyl adjacent to an activating group) is 1. The number of hydrogen-bond donors (Lipinski definition) is 0. The molecule has 1 unspecified atom stereocenters. The van der Waals surface area contributed by atoms with Gasteiger partial charge in [-0.05, 0) is 26.2 Å². The topological polar surface area (TPSA) is 20.3 Å². The molecule has 1 amide bonds. The van der Waals surface area contributed by atoms with Crippen LogP contribution in [0, 0.1) is 0 Å². The first-order valence-electron chi connectivity index (χ1n) is 7.08. The van der Waals surface area contributed by atoms with Crippen molar-refractivity contribution in [1.29, 1.82) is 0 Å². The van der Waals surface area contributed by atoms with E-state index >= 15 is 0 Å². The van der Waals surface area contributed by atoms with Crippen molar-refractivity contribution in [2.24, 2.45) is 0 Å². The first kappa shape index (κ1) is 14.5. The number of carbonyl (C=O) groups excluding carboxylic acids is 1. The molecule has 1 atom stereocenters. The molecule has 3 nitrogen and oxygen atoms in total. The molecule has 1 heterocycles. The second-order valence-electron chi connectivity index (χ2n) is 6.06. The average molecular weight is 241 g/mol. The fourth-order valence-corrected chi connectivity index (χ4v) is 2.50. The van der Waals surface area contributed by atoms with Gasteiger partial charge in [0.2, 0.25) is 5.91 Å². The third-order valence-electron chi connectivity index (χ3n) is 3.94. The normalized spacial score (nSPS) is 21.3. The van der Waals surface area contributed by atoms with Crippen molar-refractivity contribution >= 4 is 5.91 Å². The van der Waals surface area contributed by atoms with Crippen molar-refractivity contribution < 1.29 is 9.28 Å². The SMILES string of the molecule is CCCCC[N+](C)(C)CCN1C(=O)CCC1C. The number of hydrogen-bond acceptors (Lipinski definition) is 1. The number of nitrogens with zero attached hydrogens (tertiary/aromatic N) is 2. The zero-order chi connectivity index (χ0) is 12.9. The molecule has 1 aliphatic heterocycles. The van der Waals surface area contributed by atoms with Crippen LogP contribution in [0.5, 0.6) is 0 Å². The Hall–Kier alpha value is -0.570. The zero-order valence-electron chi connectivity index (χ0n) is 12.0. The Morgan fingerprint density at radius 1 is 1.29 bits per heavy atom. The molecule has 1 fully saturated rings. The van der Waals surface area contributed by atoms with E-state index in [4.69, 9.17) is 0 Å². The number of quaternary nitrogens is 1. The smallest absolute Gasteiger partial charge is 0.223 e. The van der Waals surface area contributed by atoms with E-state index in [1.807, 2.05) is 0 Å². The van der Waals surface area contributed by atoms with Gasteiger partial charge in [0, 0.05) is 12.5 Å². The highest BCUT2D eigenvalue weighted by atomic mass is 16.2. The van der Waals surface area contributed by atoms with Crippen LogP contribution in [0.2, 0.25) is 0 Å². The molecule has 0 radical (unpaired) electrons. The van der Waals surface area contributed by atoms with Crippen LogP contribution in [0.1, 0.15) is 46.0 Å². The maximum absolute atomic E-state index is 11.7. The predicted octanol–water partition coefficient (Wildman–Crippen LogP) is 2.26. The van der Waals surface area contributed by atoms with Crippen molar-refractivity contribution in [1.82, 2.24) is 4.90 Å². The highest BCUT2D eigenvalue weighted by Gasteiger charge is 2.29. The Balaban J connectivity index is 2.30. The lowest BCUT2D eigenvalue weighted by molar-refractivity contribution is -0.890. The van der Waals surface area contributed by atoms with Crippen molar-refractivity contribution in [3.05, 3.63) is 0 Å². The van der Waals surface area contributed by atoms with Gasteiger partial charge in [-0.25, -0.2) is 0 Å². The Morgan fingerprint density at radius 2 is 2.00 bits per heavy atom. The Bertz CT molecular complexity index is 251. The van der Waals surface area contributed by atoms with Crippen LogP contribution in [-0.2, 0) is 4.79 Å². The van der Waals surface area contributed by atoms with Crippen LogP contribution in [0.25, 0.3) is 0 Å². The van der Waals surface area contributed by atoms with Crippen molar-refractivity contribution in [2.45, 2.75) is 52.0 Å². The maximum atomic E-state index is 11.7. The molecule has 0 aromatic carbocycles. The Labute approximate surface area is 106 Å². The van der Waals surface area contributed by atoms with Crippen LogP contribution in [0.3, 0.4) is 0 Å². The van der Waals surface area contributed by atoms with Gasteiger partial charge in [0.05, 0.1) is 33.7 Å². The highest BCUT2D eigenvalue weighted by Crippen LogP contribution is 2.18. The summed E-state index contributed by atoms with van der Waals surface area (Å²) < 4.78 is 1.04. The van der Waals surface area contributed by atoms with Crippen molar-refractivity contribution in [2.75, 3.05) is 33.7 Å². The summed E-state index contributed by atoms with van der Waals surface area (Å²) in [4.78, 5) is 13.8. The van der Waals surface area contributed by atoms with E-state index in [0.29, 0.717) is 11.9 Å². The average Bonchev–Trinajstić information content (AvgIpc) is 2.56. The van der Waals surface area contributed by atoms with E-state index in [-0.39, 0.29) is 0 Å². The molecule has 0 aromatic heterocycles. The fraction of sp³-hybridized carbons (Fsp3) is 0.929. The van der Waals surface area contributed by atoms with Gasteiger partial charge in [-0.2, -0.15) is 0 Å². The summed E-state index contributed by atoms with van der Waals surface area (Å²) in [6.45, 7) is 7.65. The summed E-state index contributed by atoms with van der Waals surface area (Å²) in [5.74, 6) is 0.353. The number of likely N-dealkylation sites (tertiary alicyclic amines) is 1. The third-order valence-corrected chi connectivity index (χ3v) is 3.94. The van der Waals surface area contributed by atoms with Gasteiger partial charge in [0.1, 0.15) is 0 Å². The van der Waals surface area contributed by atoms with E-state index in [2.05, 4.69) is 32.8 Å². The van der Waals surface area contributed by atoms with Crippen LogP contribution in [0.4, 0.5) is 0 Å². The van der Waals surface area contributed by atoms with E-state index in [1.165, 1.54) is 25.8 Å². The standard InChI is InChI=1S/C14H29N2O/c1-5-6-7-11-16(3,4)12-10-15-13(2)8-9-14(15)17/h13H,5-12H2,1-4H3/q+1. The van der Waals surface area contributed by atoms with Crippen LogP contribution in [-0.4, -0.2) is 55.1 Å². The van der Waals surface area contributed by atoms with Gasteiger partial charge in [0.15, 0.2) is 0 Å². The molecule has 1 aliphatic rings. The van der Waals surface area contributed by atoms with Crippen LogP contribution >= 0.6 is 0 Å². The molecule has 0 spiro atoms. The van der Waals surface area contributed by atoms with E-state index in [9.17, 15) is 4.79 Å². The molecule has 1 rings (SSSR count). The summed E-state index contributed by atoms with van der Waals surface area (Å²) in [5, 5.41) is 0. The summed E-state index contributed by atoms with van der Waals surface area (Å²) in [6, 6.07) is 0.457. The number of unbranched alkanes of at least 4 members (excludes halogenated alkanes) is 2. The molecule has 17 heavy (non-hydrogen) atoms. The van der Waals surface area contributed by atoms with Gasteiger partial charge >= 0.3 is 0 Å². The van der Waals surface area contributed by atoms with Crippen LogP contribution < -0.4 is 0 Å². The highest BCUT2D eigenvalue weighted by molar-refractivity contribution is 5.78. The van der Waals surface area contributed by atoms with Gasteiger partial charge in [0.25, 0.3) is 0 Å². The van der Waals surface area contributed by atoms with E-state index in [0.717, 1.165) is 30.4 Å². The Kier molecular flexibility index (Phi) is 5.44. The minimum Gasteiger partial charge on any atom is -0.334 e. The Morgan fingerprint density at radius 3 is 2.53 bits per heavy atom. The third kappa shape index (κ3) is 4.66.